The first-order chi connectivity index (χ1) is 15.1. The van der Waals surface area contributed by atoms with E-state index >= 15 is 0 Å². The van der Waals surface area contributed by atoms with Crippen LogP contribution in [0.2, 0.25) is 0 Å². The zero-order valence-corrected chi connectivity index (χ0v) is 17.9. The van der Waals surface area contributed by atoms with Gasteiger partial charge in [0.2, 0.25) is 0 Å². The second-order valence-corrected chi connectivity index (χ2v) is 9.39. The van der Waals surface area contributed by atoms with E-state index in [0.29, 0.717) is 16.7 Å². The summed E-state index contributed by atoms with van der Waals surface area (Å²) >= 11 is 0. The van der Waals surface area contributed by atoms with Gasteiger partial charge in [-0.3, -0.25) is 4.68 Å². The van der Waals surface area contributed by atoms with Crippen molar-refractivity contribution in [1.82, 2.24) is 9.78 Å². The van der Waals surface area contributed by atoms with Crippen molar-refractivity contribution in [1.29, 1.82) is 0 Å². The van der Waals surface area contributed by atoms with Crippen molar-refractivity contribution in [2.24, 2.45) is 0 Å². The van der Waals surface area contributed by atoms with Crippen molar-refractivity contribution in [3.05, 3.63) is 96.2 Å². The average Bonchev–Trinajstić information content (AvgIpc) is 3.14. The maximum Gasteiger partial charge on any atom is 0.433 e. The molecule has 1 aromatic heterocycles. The van der Waals surface area contributed by atoms with E-state index in [0.717, 1.165) is 10.9 Å². The van der Waals surface area contributed by atoms with Gasteiger partial charge in [0.05, 0.1) is 11.4 Å². The summed E-state index contributed by atoms with van der Waals surface area (Å²) in [5.74, 6) is 0. The van der Waals surface area contributed by atoms with E-state index < -0.39 is 21.7 Å². The van der Waals surface area contributed by atoms with Gasteiger partial charge in [0.15, 0.2) is 15.5 Å². The van der Waals surface area contributed by atoms with E-state index in [2.05, 4.69) is 5.10 Å². The van der Waals surface area contributed by atoms with Crippen LogP contribution in [0.15, 0.2) is 89.8 Å². The van der Waals surface area contributed by atoms with Gasteiger partial charge in [0.25, 0.3) is 0 Å². The second-order valence-electron chi connectivity index (χ2n) is 7.38. The summed E-state index contributed by atoms with van der Waals surface area (Å²) in [6.45, 7) is -0.0586. The molecule has 0 bridgehead atoms. The normalized spacial score (nSPS) is 12.1. The molecule has 0 saturated carbocycles. The Bertz CT molecular complexity index is 1330. The van der Waals surface area contributed by atoms with Gasteiger partial charge in [-0.2, -0.15) is 18.3 Å². The fourth-order valence-corrected chi connectivity index (χ4v) is 4.19. The molecule has 0 N–H and O–H groups in total. The molecule has 3 aromatic carbocycles. The van der Waals surface area contributed by atoms with Crippen molar-refractivity contribution in [3.8, 4) is 22.4 Å². The maximum atomic E-state index is 14.3. The molecular weight excluding hydrogens is 437 g/mol. The van der Waals surface area contributed by atoms with Crippen LogP contribution in [0.3, 0.4) is 0 Å². The van der Waals surface area contributed by atoms with E-state index in [1.165, 1.54) is 24.3 Å². The molecule has 0 spiro atoms. The van der Waals surface area contributed by atoms with Crippen LogP contribution in [0, 0.1) is 0 Å². The molecule has 0 unspecified atom stereocenters. The maximum absolute atomic E-state index is 14.3. The van der Waals surface area contributed by atoms with Gasteiger partial charge < -0.3 is 0 Å². The highest BCUT2D eigenvalue weighted by Gasteiger charge is 2.40. The first kappa shape index (κ1) is 21.8. The smallest absolute Gasteiger partial charge is 0.255 e. The number of sulfone groups is 1. The number of halogens is 3. The minimum Gasteiger partial charge on any atom is -0.255 e. The number of aromatic nitrogens is 2. The molecule has 0 aliphatic rings. The summed E-state index contributed by atoms with van der Waals surface area (Å²) in [6.07, 6.45) is -3.58. The van der Waals surface area contributed by atoms with Crippen molar-refractivity contribution in [2.75, 3.05) is 6.26 Å². The third-order valence-electron chi connectivity index (χ3n) is 5.01. The molecule has 1 heterocycles. The highest BCUT2D eigenvalue weighted by Crippen LogP contribution is 2.43. The molecule has 0 amide bonds. The van der Waals surface area contributed by atoms with Gasteiger partial charge in [-0.15, -0.1) is 0 Å². The zero-order valence-electron chi connectivity index (χ0n) is 17.0. The molecule has 0 aliphatic heterocycles. The molecule has 0 aliphatic carbocycles. The first-order valence-corrected chi connectivity index (χ1v) is 11.6. The number of hydrogen-bond acceptors (Lipinski definition) is 3. The lowest BCUT2D eigenvalue weighted by Gasteiger charge is -2.13. The van der Waals surface area contributed by atoms with Gasteiger partial charge in [-0.25, -0.2) is 8.42 Å². The molecule has 32 heavy (non-hydrogen) atoms. The summed E-state index contributed by atoms with van der Waals surface area (Å²) < 4.78 is 67.5. The molecule has 4 nitrogen and oxygen atoms in total. The van der Waals surface area contributed by atoms with Gasteiger partial charge in [-0.1, -0.05) is 72.8 Å². The van der Waals surface area contributed by atoms with Crippen LogP contribution in [0.25, 0.3) is 22.4 Å². The summed E-state index contributed by atoms with van der Waals surface area (Å²) in [4.78, 5) is 0.0854. The standard InChI is InChI=1S/C24H19F3N2O2S/c1-32(30,31)20-14-12-19(13-15-20)22-21(18-10-6-3-7-11-18)23(24(25,26)27)29(28-22)16-17-8-4-2-5-9-17/h2-15H,16H2,1H3. The van der Waals surface area contributed by atoms with Gasteiger partial charge in [0, 0.05) is 17.4 Å². The molecule has 8 heteroatoms. The van der Waals surface area contributed by atoms with Crippen LogP contribution in [0.1, 0.15) is 11.3 Å². The predicted octanol–water partition coefficient (Wildman–Crippen LogP) is 5.69. The molecule has 4 rings (SSSR count). The fraction of sp³-hybridized carbons (Fsp3) is 0.125. The monoisotopic (exact) mass is 456 g/mol. The van der Waals surface area contributed by atoms with Gasteiger partial charge in [-0.05, 0) is 23.3 Å². The van der Waals surface area contributed by atoms with Crippen molar-refractivity contribution >= 4 is 9.84 Å². The Morgan fingerprint density at radius 1 is 0.812 bits per heavy atom. The Morgan fingerprint density at radius 3 is 1.91 bits per heavy atom. The van der Waals surface area contributed by atoms with Crippen LogP contribution < -0.4 is 0 Å². The van der Waals surface area contributed by atoms with E-state index in [1.807, 2.05) is 0 Å². The lowest BCUT2D eigenvalue weighted by molar-refractivity contribution is -0.143. The number of nitrogens with zero attached hydrogens (tertiary/aromatic N) is 2. The number of rotatable bonds is 5. The minimum atomic E-state index is -4.65. The lowest BCUT2D eigenvalue weighted by Crippen LogP contribution is -2.16. The predicted molar refractivity (Wildman–Crippen MR) is 117 cm³/mol. The fourth-order valence-electron chi connectivity index (χ4n) is 3.56. The summed E-state index contributed by atoms with van der Waals surface area (Å²) in [7, 11) is -3.44. The minimum absolute atomic E-state index is 0.0406. The number of alkyl halides is 3. The molecule has 164 valence electrons. The summed E-state index contributed by atoms with van der Waals surface area (Å²) in [6, 6.07) is 22.8. The van der Waals surface area contributed by atoms with Crippen LogP contribution >= 0.6 is 0 Å². The van der Waals surface area contributed by atoms with E-state index in [1.54, 1.807) is 60.7 Å². The summed E-state index contributed by atoms with van der Waals surface area (Å²) in [5, 5.41) is 4.36. The van der Waals surface area contributed by atoms with Crippen LogP contribution in [0.5, 0.6) is 0 Å². The molecule has 0 atom stereocenters. The lowest BCUT2D eigenvalue weighted by atomic mass is 9.98. The molecule has 0 saturated heterocycles. The van der Waals surface area contributed by atoms with Crippen LogP contribution in [0.4, 0.5) is 13.2 Å². The Labute approximate surface area is 183 Å². The van der Waals surface area contributed by atoms with Crippen molar-refractivity contribution in [3.63, 3.8) is 0 Å². The largest absolute Gasteiger partial charge is 0.433 e. The van der Waals surface area contributed by atoms with Crippen molar-refractivity contribution < 1.29 is 21.6 Å². The number of hydrogen-bond donors (Lipinski definition) is 0. The summed E-state index contributed by atoms with van der Waals surface area (Å²) in [5.41, 5.74) is 0.698. The van der Waals surface area contributed by atoms with Gasteiger partial charge in [0.1, 0.15) is 5.69 Å². The van der Waals surface area contributed by atoms with Crippen molar-refractivity contribution in [2.45, 2.75) is 17.6 Å². The first-order valence-electron chi connectivity index (χ1n) is 9.72. The quantitative estimate of drug-likeness (QED) is 0.388. The highest BCUT2D eigenvalue weighted by atomic mass is 32.2. The van der Waals surface area contributed by atoms with E-state index in [4.69, 9.17) is 0 Å². The Balaban J connectivity index is 1.96. The van der Waals surface area contributed by atoms with E-state index in [-0.39, 0.29) is 22.7 Å². The third-order valence-corrected chi connectivity index (χ3v) is 6.14. The van der Waals surface area contributed by atoms with E-state index in [9.17, 15) is 21.6 Å². The van der Waals surface area contributed by atoms with Crippen LogP contribution in [-0.4, -0.2) is 24.5 Å². The van der Waals surface area contributed by atoms with Gasteiger partial charge >= 0.3 is 6.18 Å². The highest BCUT2D eigenvalue weighted by molar-refractivity contribution is 7.90. The zero-order chi connectivity index (χ0) is 22.9. The Kier molecular flexibility index (Phi) is 5.64. The SMILES string of the molecule is CS(=O)(=O)c1ccc(-c2nn(Cc3ccccc3)c(C(F)(F)F)c2-c2ccccc2)cc1. The Morgan fingerprint density at radius 2 is 1.38 bits per heavy atom. The van der Waals surface area contributed by atoms with Crippen LogP contribution in [-0.2, 0) is 22.6 Å². The average molecular weight is 456 g/mol. The second kappa shape index (κ2) is 8.27. The molecular formula is C24H19F3N2O2S. The topological polar surface area (TPSA) is 52.0 Å². The third kappa shape index (κ3) is 4.45. The molecule has 4 aromatic rings. The number of benzene rings is 3. The molecule has 0 radical (unpaired) electrons. The molecule has 0 fully saturated rings. The Hall–Kier alpha value is -3.39.